The van der Waals surface area contributed by atoms with Crippen molar-refractivity contribution >= 4 is 57.0 Å². The highest BCUT2D eigenvalue weighted by Crippen LogP contribution is 2.36. The third kappa shape index (κ3) is 5.60. The van der Waals surface area contributed by atoms with Gasteiger partial charge in [-0.25, -0.2) is 0 Å². The number of carbonyl (C=O) groups is 1. The van der Waals surface area contributed by atoms with E-state index in [1.54, 1.807) is 4.90 Å². The average Bonchev–Trinajstić information content (AvgIpc) is 3.36. The molecule has 7 nitrogen and oxygen atoms in total. The van der Waals surface area contributed by atoms with E-state index in [2.05, 4.69) is 15.2 Å². The number of carbonyl (C=O) groups excluding carboxylic acids is 1. The molecule has 1 amide bonds. The second kappa shape index (κ2) is 11.0. The zero-order valence-electron chi connectivity index (χ0n) is 18.9. The lowest BCUT2D eigenvalue weighted by Gasteiger charge is -2.13. The third-order valence-electron chi connectivity index (χ3n) is 4.82. The summed E-state index contributed by atoms with van der Waals surface area (Å²) in [6.07, 6.45) is 1.84. The second-order valence-corrected chi connectivity index (χ2v) is 9.75. The molecule has 0 atom stereocenters. The molecule has 0 radical (unpaired) electrons. The van der Waals surface area contributed by atoms with E-state index >= 15 is 0 Å². The Kier molecular flexibility index (Phi) is 7.87. The Hall–Kier alpha value is -2.88. The summed E-state index contributed by atoms with van der Waals surface area (Å²) in [5.74, 6) is 1.12. The number of thioether (sulfide) groups is 1. The Morgan fingerprint density at radius 2 is 1.94 bits per heavy atom. The Morgan fingerprint density at radius 1 is 1.12 bits per heavy atom. The number of aryl methyl sites for hydroxylation is 1. The SMILES string of the molecule is CCOc1cc(/C=C2\S/C(=N/c3nnc(C)s3)N(CC)C2=O)ccc1OCc1ccccc1Cl. The minimum Gasteiger partial charge on any atom is -0.490 e. The quantitative estimate of drug-likeness (QED) is 0.338. The standard InChI is InChI=1S/C24H23ClN4O3S2/c1-4-29-22(30)21(34-24(29)26-23-28-27-15(3)33-23)13-16-10-11-19(20(12-16)31-5-2)32-14-17-8-6-7-9-18(17)25/h6-13H,4-5,14H2,1-3H3/b21-13-,26-24+. The van der Waals surface area contributed by atoms with E-state index < -0.39 is 0 Å². The van der Waals surface area contributed by atoms with Crippen LogP contribution in [0.2, 0.25) is 5.02 Å². The Morgan fingerprint density at radius 3 is 2.65 bits per heavy atom. The lowest BCUT2D eigenvalue weighted by atomic mass is 10.1. The maximum Gasteiger partial charge on any atom is 0.266 e. The van der Waals surface area contributed by atoms with Crippen LogP contribution in [0.1, 0.15) is 30.0 Å². The molecule has 1 saturated heterocycles. The molecule has 0 N–H and O–H groups in total. The van der Waals surface area contributed by atoms with Crippen LogP contribution in [-0.2, 0) is 11.4 Å². The van der Waals surface area contributed by atoms with Gasteiger partial charge in [0.2, 0.25) is 5.13 Å². The maximum absolute atomic E-state index is 13.0. The van der Waals surface area contributed by atoms with Gasteiger partial charge in [-0.15, -0.1) is 10.2 Å². The average molecular weight is 515 g/mol. The second-order valence-electron chi connectivity index (χ2n) is 7.18. The highest BCUT2D eigenvalue weighted by Gasteiger charge is 2.32. The number of amides is 1. The lowest BCUT2D eigenvalue weighted by Crippen LogP contribution is -2.28. The van der Waals surface area contributed by atoms with E-state index in [1.165, 1.54) is 23.1 Å². The zero-order valence-corrected chi connectivity index (χ0v) is 21.3. The third-order valence-corrected chi connectivity index (χ3v) is 6.93. The molecule has 1 aliphatic heterocycles. The predicted molar refractivity (Wildman–Crippen MR) is 138 cm³/mol. The van der Waals surface area contributed by atoms with E-state index in [0.717, 1.165) is 16.1 Å². The number of ether oxygens (including phenoxy) is 2. The molecular formula is C24H23ClN4O3S2. The van der Waals surface area contributed by atoms with Crippen LogP contribution in [0.25, 0.3) is 6.08 Å². The monoisotopic (exact) mass is 514 g/mol. The van der Waals surface area contributed by atoms with Gasteiger partial charge in [-0.2, -0.15) is 4.99 Å². The molecule has 1 fully saturated rings. The van der Waals surface area contributed by atoms with Crippen LogP contribution in [0.3, 0.4) is 0 Å². The first-order valence-corrected chi connectivity index (χ1v) is 12.7. The Labute approximate surface area is 211 Å². The van der Waals surface area contributed by atoms with Crippen molar-refractivity contribution in [1.29, 1.82) is 0 Å². The van der Waals surface area contributed by atoms with E-state index in [1.807, 2.05) is 69.3 Å². The summed E-state index contributed by atoms with van der Waals surface area (Å²) in [6, 6.07) is 13.2. The van der Waals surface area contributed by atoms with Crippen LogP contribution in [0.4, 0.5) is 5.13 Å². The lowest BCUT2D eigenvalue weighted by molar-refractivity contribution is -0.122. The molecular weight excluding hydrogens is 492 g/mol. The van der Waals surface area contributed by atoms with Crippen LogP contribution < -0.4 is 9.47 Å². The summed E-state index contributed by atoms with van der Waals surface area (Å²) in [5, 5.41) is 10.6. The van der Waals surface area contributed by atoms with Crippen molar-refractivity contribution in [2.75, 3.05) is 13.2 Å². The van der Waals surface area contributed by atoms with E-state index in [4.69, 9.17) is 21.1 Å². The summed E-state index contributed by atoms with van der Waals surface area (Å²) >= 11 is 8.95. The van der Waals surface area contributed by atoms with Crippen molar-refractivity contribution < 1.29 is 14.3 Å². The number of hydrogen-bond acceptors (Lipinski definition) is 8. The fraction of sp³-hybridized carbons (Fsp3) is 0.250. The maximum atomic E-state index is 13.0. The summed E-state index contributed by atoms with van der Waals surface area (Å²) in [4.78, 5) is 19.7. The first-order valence-electron chi connectivity index (χ1n) is 10.7. The number of rotatable bonds is 8. The van der Waals surface area contributed by atoms with Gasteiger partial charge in [-0.3, -0.25) is 9.69 Å². The summed E-state index contributed by atoms with van der Waals surface area (Å²) in [7, 11) is 0. The van der Waals surface area contributed by atoms with Crippen molar-refractivity contribution in [1.82, 2.24) is 15.1 Å². The van der Waals surface area contributed by atoms with Gasteiger partial charge in [-0.1, -0.05) is 47.2 Å². The number of hydrogen-bond donors (Lipinski definition) is 0. The normalized spacial score (nSPS) is 16.0. The van der Waals surface area contributed by atoms with Crippen molar-refractivity contribution in [2.45, 2.75) is 27.4 Å². The molecule has 2 aromatic carbocycles. The smallest absolute Gasteiger partial charge is 0.266 e. The van der Waals surface area contributed by atoms with Gasteiger partial charge in [-0.05, 0) is 62.4 Å². The first-order chi connectivity index (χ1) is 16.5. The van der Waals surface area contributed by atoms with Gasteiger partial charge in [0.1, 0.15) is 11.6 Å². The van der Waals surface area contributed by atoms with E-state index in [9.17, 15) is 4.79 Å². The number of aliphatic imine (C=N–C) groups is 1. The molecule has 3 aromatic rings. The Balaban J connectivity index is 1.57. The zero-order chi connectivity index (χ0) is 24.1. The molecule has 2 heterocycles. The van der Waals surface area contributed by atoms with E-state index in [-0.39, 0.29) is 5.91 Å². The van der Waals surface area contributed by atoms with Crippen molar-refractivity contribution in [3.63, 3.8) is 0 Å². The molecule has 0 unspecified atom stereocenters. The first kappa shape index (κ1) is 24.3. The Bertz CT molecular complexity index is 1260. The predicted octanol–water partition coefficient (Wildman–Crippen LogP) is 6.10. The number of nitrogens with zero attached hydrogens (tertiary/aromatic N) is 4. The highest BCUT2D eigenvalue weighted by atomic mass is 35.5. The van der Waals surface area contributed by atoms with Crippen LogP contribution in [0.5, 0.6) is 11.5 Å². The molecule has 4 rings (SSSR count). The van der Waals surface area contributed by atoms with Gasteiger partial charge in [0, 0.05) is 17.1 Å². The molecule has 176 valence electrons. The fourth-order valence-corrected chi connectivity index (χ4v) is 5.06. The van der Waals surface area contributed by atoms with Crippen LogP contribution >= 0.6 is 34.7 Å². The summed E-state index contributed by atoms with van der Waals surface area (Å²) < 4.78 is 11.8. The minimum atomic E-state index is -0.0931. The van der Waals surface area contributed by atoms with Crippen LogP contribution in [0, 0.1) is 6.92 Å². The highest BCUT2D eigenvalue weighted by molar-refractivity contribution is 8.18. The van der Waals surface area contributed by atoms with Crippen LogP contribution in [0.15, 0.2) is 52.4 Å². The fourth-order valence-electron chi connectivity index (χ4n) is 3.21. The number of aromatic nitrogens is 2. The largest absolute Gasteiger partial charge is 0.490 e. The van der Waals surface area contributed by atoms with Gasteiger partial charge in [0.25, 0.3) is 5.91 Å². The number of halogens is 1. The van der Waals surface area contributed by atoms with Gasteiger partial charge < -0.3 is 9.47 Å². The molecule has 0 aliphatic carbocycles. The minimum absolute atomic E-state index is 0.0931. The summed E-state index contributed by atoms with van der Waals surface area (Å²) in [5.41, 5.74) is 1.72. The molecule has 34 heavy (non-hydrogen) atoms. The molecule has 0 spiro atoms. The molecule has 0 saturated carbocycles. The number of benzene rings is 2. The molecule has 10 heteroatoms. The topological polar surface area (TPSA) is 76.9 Å². The molecule has 1 aromatic heterocycles. The van der Waals surface area contributed by atoms with Crippen molar-refractivity contribution in [3.8, 4) is 11.5 Å². The van der Waals surface area contributed by atoms with E-state index in [0.29, 0.717) is 51.5 Å². The van der Waals surface area contributed by atoms with Gasteiger partial charge in [0.15, 0.2) is 16.7 Å². The van der Waals surface area contributed by atoms with Gasteiger partial charge >= 0.3 is 0 Å². The van der Waals surface area contributed by atoms with Gasteiger partial charge in [0.05, 0.1) is 11.5 Å². The van der Waals surface area contributed by atoms with Crippen molar-refractivity contribution in [3.05, 3.63) is 68.5 Å². The van der Waals surface area contributed by atoms with Crippen molar-refractivity contribution in [2.24, 2.45) is 4.99 Å². The van der Waals surface area contributed by atoms with Crippen LogP contribution in [-0.4, -0.2) is 39.3 Å². The molecule has 0 bridgehead atoms. The summed E-state index contributed by atoms with van der Waals surface area (Å²) in [6.45, 7) is 7.02. The molecule has 1 aliphatic rings. The number of amidine groups is 1. The number of likely N-dealkylation sites (N-methyl/N-ethyl adjacent to an activating group) is 1.